The second kappa shape index (κ2) is 6.76. The lowest BCUT2D eigenvalue weighted by atomic mass is 10.2. The minimum absolute atomic E-state index is 0.285. The molecule has 0 radical (unpaired) electrons. The van der Waals surface area contributed by atoms with Crippen LogP contribution in [0.4, 0.5) is 4.39 Å². The molecule has 108 valence electrons. The molecule has 1 aromatic heterocycles. The smallest absolute Gasteiger partial charge is 0.199 e. The molecule has 1 atom stereocenters. The van der Waals surface area contributed by atoms with Crippen LogP contribution < -0.4 is 0 Å². The summed E-state index contributed by atoms with van der Waals surface area (Å²) in [6, 6.07) is 6.11. The maximum atomic E-state index is 12.9. The van der Waals surface area contributed by atoms with Crippen molar-refractivity contribution in [2.75, 3.05) is 20.0 Å². The van der Waals surface area contributed by atoms with Crippen molar-refractivity contribution in [2.24, 2.45) is 0 Å². The minimum atomic E-state index is -1.17. The third-order valence-electron chi connectivity index (χ3n) is 2.88. The van der Waals surface area contributed by atoms with Gasteiger partial charge in [0.1, 0.15) is 5.82 Å². The first-order valence-corrected chi connectivity index (χ1v) is 7.83. The largest absolute Gasteiger partial charge is 0.385 e. The zero-order valence-corrected chi connectivity index (χ0v) is 12.3. The van der Waals surface area contributed by atoms with E-state index in [-0.39, 0.29) is 5.82 Å². The fourth-order valence-electron chi connectivity index (χ4n) is 1.93. The molecule has 1 aromatic carbocycles. The van der Waals surface area contributed by atoms with Crippen LogP contribution >= 0.6 is 0 Å². The molecule has 1 unspecified atom stereocenters. The van der Waals surface area contributed by atoms with E-state index in [9.17, 15) is 8.60 Å². The van der Waals surface area contributed by atoms with Crippen molar-refractivity contribution in [3.63, 3.8) is 0 Å². The Bertz CT molecular complexity index is 596. The highest BCUT2D eigenvalue weighted by molar-refractivity contribution is 7.84. The number of aromatic nitrogens is 2. The van der Waals surface area contributed by atoms with Gasteiger partial charge in [-0.3, -0.25) is 4.21 Å². The molecule has 2 aromatic rings. The van der Waals surface area contributed by atoms with Crippen LogP contribution in [0.3, 0.4) is 0 Å². The summed E-state index contributed by atoms with van der Waals surface area (Å²) in [7, 11) is 0.483. The number of aryl methyl sites for hydroxylation is 1. The Morgan fingerprint density at radius 3 is 2.65 bits per heavy atom. The molecule has 0 bridgehead atoms. The fourth-order valence-corrected chi connectivity index (χ4v) is 2.63. The van der Waals surface area contributed by atoms with Crippen LogP contribution in [-0.2, 0) is 22.1 Å². The Morgan fingerprint density at radius 2 is 2.05 bits per heavy atom. The minimum Gasteiger partial charge on any atom is -0.385 e. The molecule has 0 amide bonds. The summed E-state index contributed by atoms with van der Waals surface area (Å²) in [4.78, 5) is 4.39. The first kappa shape index (κ1) is 14.9. The van der Waals surface area contributed by atoms with Crippen LogP contribution in [0.5, 0.6) is 0 Å². The van der Waals surface area contributed by atoms with Gasteiger partial charge < -0.3 is 9.30 Å². The number of nitrogens with zero attached hydrogens (tertiary/aromatic N) is 2. The topological polar surface area (TPSA) is 44.1 Å². The van der Waals surface area contributed by atoms with E-state index in [2.05, 4.69) is 4.98 Å². The van der Waals surface area contributed by atoms with Crippen molar-refractivity contribution in [3.05, 3.63) is 36.3 Å². The monoisotopic (exact) mass is 296 g/mol. The SMILES string of the molecule is COCCCn1cc(-c2ccc(F)cc2)nc1S(C)=O. The lowest BCUT2D eigenvalue weighted by molar-refractivity contribution is 0.189. The average Bonchev–Trinajstić information content (AvgIpc) is 2.84. The summed E-state index contributed by atoms with van der Waals surface area (Å²) in [5, 5.41) is 0.528. The highest BCUT2D eigenvalue weighted by Crippen LogP contribution is 2.20. The predicted molar refractivity (Wildman–Crippen MR) is 76.4 cm³/mol. The van der Waals surface area contributed by atoms with E-state index in [1.165, 1.54) is 12.1 Å². The zero-order valence-electron chi connectivity index (χ0n) is 11.5. The fraction of sp³-hybridized carbons (Fsp3) is 0.357. The third-order valence-corrected chi connectivity index (χ3v) is 3.72. The van der Waals surface area contributed by atoms with E-state index in [0.717, 1.165) is 12.0 Å². The van der Waals surface area contributed by atoms with Crippen LogP contribution in [0.2, 0.25) is 0 Å². The summed E-state index contributed by atoms with van der Waals surface area (Å²) in [6.07, 6.45) is 4.27. The zero-order chi connectivity index (χ0) is 14.5. The summed E-state index contributed by atoms with van der Waals surface area (Å²) < 4.78 is 31.6. The molecule has 0 aliphatic heterocycles. The highest BCUT2D eigenvalue weighted by Gasteiger charge is 2.12. The molecule has 2 rings (SSSR count). The van der Waals surface area contributed by atoms with Crippen LogP contribution in [0.1, 0.15) is 6.42 Å². The van der Waals surface area contributed by atoms with Gasteiger partial charge in [0, 0.05) is 38.3 Å². The Labute approximate surface area is 120 Å². The maximum absolute atomic E-state index is 12.9. The lowest BCUT2D eigenvalue weighted by Crippen LogP contribution is -2.06. The van der Waals surface area contributed by atoms with Crippen molar-refractivity contribution in [1.29, 1.82) is 0 Å². The normalized spacial score (nSPS) is 12.6. The molecule has 0 aliphatic rings. The summed E-state index contributed by atoms with van der Waals surface area (Å²) >= 11 is 0. The number of halogens is 1. The second-order valence-corrected chi connectivity index (χ2v) is 5.68. The van der Waals surface area contributed by atoms with E-state index in [0.29, 0.717) is 24.0 Å². The van der Waals surface area contributed by atoms with Gasteiger partial charge in [0.05, 0.1) is 16.5 Å². The van der Waals surface area contributed by atoms with E-state index >= 15 is 0 Å². The third kappa shape index (κ3) is 3.52. The second-order valence-electron chi connectivity index (χ2n) is 4.41. The standard InChI is InChI=1S/C14H17FN2O2S/c1-19-9-3-8-17-10-13(16-14(17)20(2)18)11-4-6-12(15)7-5-11/h4-7,10H,3,8-9H2,1-2H3. The van der Waals surface area contributed by atoms with Gasteiger partial charge in [-0.15, -0.1) is 0 Å². The van der Waals surface area contributed by atoms with Gasteiger partial charge in [0.25, 0.3) is 0 Å². The van der Waals surface area contributed by atoms with Crippen molar-refractivity contribution >= 4 is 10.8 Å². The predicted octanol–water partition coefficient (Wildman–Crippen LogP) is 2.46. The molecular formula is C14H17FN2O2S. The van der Waals surface area contributed by atoms with Gasteiger partial charge in [-0.1, -0.05) is 0 Å². The first-order valence-electron chi connectivity index (χ1n) is 6.27. The van der Waals surface area contributed by atoms with Crippen LogP contribution in [0.15, 0.2) is 35.6 Å². The van der Waals surface area contributed by atoms with E-state index < -0.39 is 10.8 Å². The molecule has 20 heavy (non-hydrogen) atoms. The molecule has 0 fully saturated rings. The molecule has 0 aliphatic carbocycles. The van der Waals surface area contributed by atoms with E-state index in [1.807, 2.05) is 10.8 Å². The van der Waals surface area contributed by atoms with Crippen LogP contribution in [-0.4, -0.2) is 33.7 Å². The van der Waals surface area contributed by atoms with Gasteiger partial charge in [-0.05, 0) is 30.7 Å². The average molecular weight is 296 g/mol. The number of methoxy groups -OCH3 is 1. The molecule has 1 heterocycles. The van der Waals surface area contributed by atoms with Crippen molar-refractivity contribution < 1.29 is 13.3 Å². The molecule has 0 saturated carbocycles. The summed E-state index contributed by atoms with van der Waals surface area (Å²) in [5.74, 6) is -0.285. The van der Waals surface area contributed by atoms with Crippen LogP contribution in [0.25, 0.3) is 11.3 Å². The first-order chi connectivity index (χ1) is 9.61. The summed E-state index contributed by atoms with van der Waals surface area (Å²) in [6.45, 7) is 1.33. The number of rotatable bonds is 6. The lowest BCUT2D eigenvalue weighted by Gasteiger charge is -2.04. The van der Waals surface area contributed by atoms with Crippen molar-refractivity contribution in [3.8, 4) is 11.3 Å². The maximum Gasteiger partial charge on any atom is 0.199 e. The Hall–Kier alpha value is -1.53. The Balaban J connectivity index is 2.28. The summed E-state index contributed by atoms with van der Waals surface area (Å²) in [5.41, 5.74) is 1.51. The number of hydrogen-bond acceptors (Lipinski definition) is 3. The molecule has 0 saturated heterocycles. The molecular weight excluding hydrogens is 279 g/mol. The van der Waals surface area contributed by atoms with Crippen molar-refractivity contribution in [2.45, 2.75) is 18.1 Å². The van der Waals surface area contributed by atoms with Crippen LogP contribution in [0, 0.1) is 5.82 Å². The Morgan fingerprint density at radius 1 is 1.35 bits per heavy atom. The number of imidazole rings is 1. The molecule has 4 nitrogen and oxygen atoms in total. The number of benzene rings is 1. The van der Waals surface area contributed by atoms with E-state index in [4.69, 9.17) is 4.74 Å². The molecule has 0 spiro atoms. The van der Waals surface area contributed by atoms with Gasteiger partial charge in [0.2, 0.25) is 0 Å². The van der Waals surface area contributed by atoms with Gasteiger partial charge in [0.15, 0.2) is 5.16 Å². The van der Waals surface area contributed by atoms with Gasteiger partial charge in [-0.25, -0.2) is 9.37 Å². The Kier molecular flexibility index (Phi) is 5.03. The highest BCUT2D eigenvalue weighted by atomic mass is 32.2. The number of hydrogen-bond donors (Lipinski definition) is 0. The van der Waals surface area contributed by atoms with Gasteiger partial charge >= 0.3 is 0 Å². The number of ether oxygens (including phenoxy) is 1. The van der Waals surface area contributed by atoms with Crippen molar-refractivity contribution in [1.82, 2.24) is 9.55 Å². The molecule has 0 N–H and O–H groups in total. The van der Waals surface area contributed by atoms with E-state index in [1.54, 1.807) is 25.5 Å². The quantitative estimate of drug-likeness (QED) is 0.769. The molecule has 6 heteroatoms. The van der Waals surface area contributed by atoms with Gasteiger partial charge in [-0.2, -0.15) is 0 Å².